The van der Waals surface area contributed by atoms with Crippen LogP contribution in [0, 0.1) is 0 Å². The Labute approximate surface area is 122 Å². The molecule has 1 atom stereocenters. The van der Waals surface area contributed by atoms with E-state index < -0.39 is 0 Å². The van der Waals surface area contributed by atoms with Crippen molar-refractivity contribution >= 4 is 16.5 Å². The molecule has 21 heavy (non-hydrogen) atoms. The molecular formula is C15H20N4O2. The fourth-order valence-corrected chi connectivity index (χ4v) is 3.01. The quantitative estimate of drug-likeness (QED) is 0.790. The lowest BCUT2D eigenvalue weighted by Gasteiger charge is -2.32. The number of anilines is 1. The van der Waals surface area contributed by atoms with Crippen LogP contribution in [0.2, 0.25) is 0 Å². The van der Waals surface area contributed by atoms with Crippen LogP contribution in [0.3, 0.4) is 0 Å². The number of benzene rings is 1. The van der Waals surface area contributed by atoms with Gasteiger partial charge in [0.2, 0.25) is 0 Å². The number of H-pyrrole nitrogens is 2. The van der Waals surface area contributed by atoms with E-state index in [-0.39, 0.29) is 11.1 Å². The Morgan fingerprint density at radius 3 is 2.86 bits per heavy atom. The standard InChI is InChI=1S/C15H20N4O2/c1-19-8-3-2-5-10(19)9-16-12-7-4-6-11-13(12)15(21)18-17-14(11)20/h4,6-7,10,16H,2-3,5,8-9H2,1H3,(H,17,20)(H,18,21). The maximum Gasteiger partial charge on any atom is 0.272 e. The molecular weight excluding hydrogens is 268 g/mol. The minimum atomic E-state index is -0.275. The van der Waals surface area contributed by atoms with Gasteiger partial charge in [0.05, 0.1) is 10.8 Å². The highest BCUT2D eigenvalue weighted by Gasteiger charge is 2.19. The summed E-state index contributed by atoms with van der Waals surface area (Å²) < 4.78 is 0. The molecule has 0 amide bonds. The molecule has 2 heterocycles. The molecule has 2 aromatic rings. The van der Waals surface area contributed by atoms with Gasteiger partial charge in [0.15, 0.2) is 0 Å². The molecule has 3 rings (SSSR count). The fraction of sp³-hybridized carbons (Fsp3) is 0.467. The van der Waals surface area contributed by atoms with E-state index in [0.29, 0.717) is 16.8 Å². The van der Waals surface area contributed by atoms with Crippen molar-refractivity contribution in [3.63, 3.8) is 0 Å². The van der Waals surface area contributed by atoms with Crippen molar-refractivity contribution in [3.05, 3.63) is 38.9 Å². The van der Waals surface area contributed by atoms with Crippen molar-refractivity contribution in [2.24, 2.45) is 0 Å². The normalized spacial score (nSPS) is 19.8. The third kappa shape index (κ3) is 2.71. The first kappa shape index (κ1) is 13.9. The maximum atomic E-state index is 12.0. The summed E-state index contributed by atoms with van der Waals surface area (Å²) in [6, 6.07) is 5.78. The first-order valence-corrected chi connectivity index (χ1v) is 7.34. The molecule has 0 bridgehead atoms. The molecule has 1 aliphatic heterocycles. The van der Waals surface area contributed by atoms with Gasteiger partial charge in [-0.3, -0.25) is 19.8 Å². The Balaban J connectivity index is 1.89. The lowest BCUT2D eigenvalue weighted by atomic mass is 10.0. The van der Waals surface area contributed by atoms with Gasteiger partial charge < -0.3 is 10.2 Å². The third-order valence-electron chi connectivity index (χ3n) is 4.28. The predicted octanol–water partition coefficient (Wildman–Crippen LogP) is 1.11. The van der Waals surface area contributed by atoms with Crippen molar-refractivity contribution in [2.75, 3.05) is 25.5 Å². The number of hydrogen-bond donors (Lipinski definition) is 3. The molecule has 1 aromatic carbocycles. The van der Waals surface area contributed by atoms with E-state index in [2.05, 4.69) is 27.5 Å². The lowest BCUT2D eigenvalue weighted by molar-refractivity contribution is 0.195. The number of nitrogens with zero attached hydrogens (tertiary/aromatic N) is 1. The Morgan fingerprint density at radius 2 is 2.05 bits per heavy atom. The highest BCUT2D eigenvalue weighted by molar-refractivity contribution is 5.92. The molecule has 3 N–H and O–H groups in total. The number of hydrogen-bond acceptors (Lipinski definition) is 4. The first-order valence-electron chi connectivity index (χ1n) is 7.34. The molecule has 1 saturated heterocycles. The van der Waals surface area contributed by atoms with Crippen LogP contribution >= 0.6 is 0 Å². The monoisotopic (exact) mass is 288 g/mol. The number of nitrogens with one attached hydrogen (secondary N) is 3. The van der Waals surface area contributed by atoms with Crippen LogP contribution in [-0.4, -0.2) is 41.3 Å². The Kier molecular flexibility index (Phi) is 3.79. The van der Waals surface area contributed by atoms with Gasteiger partial charge in [-0.05, 0) is 38.6 Å². The van der Waals surface area contributed by atoms with Gasteiger partial charge in [-0.2, -0.15) is 0 Å². The molecule has 112 valence electrons. The molecule has 0 saturated carbocycles. The number of fused-ring (bicyclic) bond motifs is 1. The predicted molar refractivity (Wildman–Crippen MR) is 83.9 cm³/mol. The smallest absolute Gasteiger partial charge is 0.272 e. The van der Waals surface area contributed by atoms with Crippen LogP contribution < -0.4 is 16.4 Å². The highest BCUT2D eigenvalue weighted by atomic mass is 16.1. The highest BCUT2D eigenvalue weighted by Crippen LogP contribution is 2.19. The summed E-state index contributed by atoms with van der Waals surface area (Å²) in [5.41, 5.74) is 0.173. The van der Waals surface area contributed by atoms with E-state index in [4.69, 9.17) is 0 Å². The second kappa shape index (κ2) is 5.73. The Hall–Kier alpha value is -2.08. The molecule has 1 fully saturated rings. The van der Waals surface area contributed by atoms with Crippen molar-refractivity contribution in [3.8, 4) is 0 Å². The van der Waals surface area contributed by atoms with Crippen LogP contribution in [0.1, 0.15) is 19.3 Å². The zero-order valence-corrected chi connectivity index (χ0v) is 12.1. The van der Waals surface area contributed by atoms with E-state index in [0.717, 1.165) is 25.2 Å². The molecule has 0 aliphatic carbocycles. The van der Waals surface area contributed by atoms with Gasteiger partial charge in [0.1, 0.15) is 0 Å². The molecule has 1 aliphatic rings. The van der Waals surface area contributed by atoms with Gasteiger partial charge in [0.25, 0.3) is 11.1 Å². The van der Waals surface area contributed by atoms with Crippen molar-refractivity contribution < 1.29 is 0 Å². The van der Waals surface area contributed by atoms with Crippen LogP contribution in [0.25, 0.3) is 10.8 Å². The summed E-state index contributed by atoms with van der Waals surface area (Å²) in [6.07, 6.45) is 3.65. The zero-order chi connectivity index (χ0) is 14.8. The summed E-state index contributed by atoms with van der Waals surface area (Å²) >= 11 is 0. The average molecular weight is 288 g/mol. The second-order valence-electron chi connectivity index (χ2n) is 5.65. The largest absolute Gasteiger partial charge is 0.383 e. The molecule has 0 radical (unpaired) electrons. The van der Waals surface area contributed by atoms with Crippen LogP contribution in [0.15, 0.2) is 27.8 Å². The zero-order valence-electron chi connectivity index (χ0n) is 12.1. The Morgan fingerprint density at radius 1 is 1.24 bits per heavy atom. The summed E-state index contributed by atoms with van der Waals surface area (Å²) in [7, 11) is 2.13. The van der Waals surface area contributed by atoms with Gasteiger partial charge in [-0.1, -0.05) is 12.5 Å². The molecule has 6 nitrogen and oxygen atoms in total. The summed E-state index contributed by atoms with van der Waals surface area (Å²) in [5.74, 6) is 0. The van der Waals surface area contributed by atoms with Crippen LogP contribution in [-0.2, 0) is 0 Å². The van der Waals surface area contributed by atoms with E-state index in [1.165, 1.54) is 12.8 Å². The summed E-state index contributed by atoms with van der Waals surface area (Å²) in [4.78, 5) is 26.1. The van der Waals surface area contributed by atoms with Gasteiger partial charge in [-0.25, -0.2) is 0 Å². The number of likely N-dealkylation sites (N-methyl/N-ethyl adjacent to an activating group) is 1. The Bertz CT molecular complexity index is 749. The van der Waals surface area contributed by atoms with Gasteiger partial charge >= 0.3 is 0 Å². The topological polar surface area (TPSA) is 81.0 Å². The van der Waals surface area contributed by atoms with Gasteiger partial charge in [0, 0.05) is 18.3 Å². The SMILES string of the molecule is CN1CCCCC1CNc1cccc2c(=O)[nH][nH]c(=O)c12. The fourth-order valence-electron chi connectivity index (χ4n) is 3.01. The summed E-state index contributed by atoms with van der Waals surface area (Å²) in [6.45, 7) is 1.89. The average Bonchev–Trinajstić information content (AvgIpc) is 2.50. The molecule has 1 aromatic heterocycles. The first-order chi connectivity index (χ1) is 10.2. The number of aromatic nitrogens is 2. The lowest BCUT2D eigenvalue weighted by Crippen LogP contribution is -2.40. The summed E-state index contributed by atoms with van der Waals surface area (Å²) in [5, 5.41) is 8.93. The second-order valence-corrected chi connectivity index (χ2v) is 5.65. The number of likely N-dealkylation sites (tertiary alicyclic amines) is 1. The van der Waals surface area contributed by atoms with Crippen LogP contribution in [0.5, 0.6) is 0 Å². The molecule has 0 spiro atoms. The molecule has 6 heteroatoms. The van der Waals surface area contributed by atoms with E-state index in [1.54, 1.807) is 12.1 Å². The minimum Gasteiger partial charge on any atom is -0.383 e. The van der Waals surface area contributed by atoms with Crippen molar-refractivity contribution in [1.82, 2.24) is 15.1 Å². The van der Waals surface area contributed by atoms with E-state index in [1.807, 2.05) is 6.07 Å². The minimum absolute atomic E-state index is 0.273. The number of rotatable bonds is 3. The molecule has 1 unspecified atom stereocenters. The number of aromatic amines is 2. The third-order valence-corrected chi connectivity index (χ3v) is 4.28. The van der Waals surface area contributed by atoms with Crippen molar-refractivity contribution in [1.29, 1.82) is 0 Å². The van der Waals surface area contributed by atoms with E-state index >= 15 is 0 Å². The van der Waals surface area contributed by atoms with Crippen LogP contribution in [0.4, 0.5) is 5.69 Å². The van der Waals surface area contributed by atoms with Crippen molar-refractivity contribution in [2.45, 2.75) is 25.3 Å². The maximum absolute atomic E-state index is 12.0. The van der Waals surface area contributed by atoms with Gasteiger partial charge in [-0.15, -0.1) is 0 Å². The van der Waals surface area contributed by atoms with E-state index in [9.17, 15) is 9.59 Å². The number of piperidine rings is 1.